The monoisotopic (exact) mass is 240 g/mol. The lowest BCUT2D eigenvalue weighted by molar-refractivity contribution is 0.422. The third kappa shape index (κ3) is 2.37. The van der Waals surface area contributed by atoms with Gasteiger partial charge in [-0.15, -0.1) is 11.3 Å². The molecular formula is C11H16N2S2. The number of hydrogen-bond acceptors (Lipinski definition) is 4. The van der Waals surface area contributed by atoms with E-state index in [-0.39, 0.29) is 0 Å². The zero-order chi connectivity index (χ0) is 10.1. The third-order valence-electron chi connectivity index (χ3n) is 3.16. The second-order valence-electron chi connectivity index (χ2n) is 4.41. The van der Waals surface area contributed by atoms with Crippen LogP contribution in [0.3, 0.4) is 0 Å². The number of nitrogens with one attached hydrogen (secondary N) is 1. The minimum atomic E-state index is 0.550. The fourth-order valence-corrected chi connectivity index (χ4v) is 4.10. The molecule has 1 aliphatic heterocycles. The fraction of sp³-hybridized carbons (Fsp3) is 0.727. The molecular weight excluding hydrogens is 224 g/mol. The van der Waals surface area contributed by atoms with Crippen molar-refractivity contribution in [1.29, 1.82) is 0 Å². The molecule has 2 fully saturated rings. The molecule has 3 rings (SSSR count). The maximum atomic E-state index is 4.47. The van der Waals surface area contributed by atoms with Crippen molar-refractivity contribution in [3.63, 3.8) is 0 Å². The van der Waals surface area contributed by atoms with Crippen LogP contribution in [-0.4, -0.2) is 22.5 Å². The topological polar surface area (TPSA) is 24.9 Å². The van der Waals surface area contributed by atoms with Crippen LogP contribution < -0.4 is 5.32 Å². The van der Waals surface area contributed by atoms with Crippen LogP contribution in [0, 0.1) is 5.92 Å². The van der Waals surface area contributed by atoms with Gasteiger partial charge >= 0.3 is 0 Å². The zero-order valence-electron chi connectivity index (χ0n) is 8.69. The first-order valence-corrected chi connectivity index (χ1v) is 7.70. The van der Waals surface area contributed by atoms with Crippen molar-refractivity contribution in [3.8, 4) is 0 Å². The van der Waals surface area contributed by atoms with Crippen LogP contribution in [0.15, 0.2) is 11.6 Å². The molecule has 0 spiro atoms. The molecule has 2 nitrogen and oxygen atoms in total. The van der Waals surface area contributed by atoms with E-state index in [0.717, 1.165) is 12.0 Å². The first kappa shape index (κ1) is 10.1. The van der Waals surface area contributed by atoms with Crippen LogP contribution in [0.5, 0.6) is 0 Å². The molecule has 1 aromatic heterocycles. The number of aromatic nitrogens is 1. The molecule has 1 aliphatic carbocycles. The van der Waals surface area contributed by atoms with Crippen LogP contribution in [-0.2, 0) is 0 Å². The first-order valence-electron chi connectivity index (χ1n) is 5.66. The van der Waals surface area contributed by atoms with Gasteiger partial charge in [0, 0.05) is 23.4 Å². The van der Waals surface area contributed by atoms with E-state index in [0.29, 0.717) is 6.04 Å². The highest BCUT2D eigenvalue weighted by Crippen LogP contribution is 2.42. The van der Waals surface area contributed by atoms with Gasteiger partial charge in [-0.1, -0.05) is 0 Å². The van der Waals surface area contributed by atoms with Gasteiger partial charge < -0.3 is 5.32 Å². The summed E-state index contributed by atoms with van der Waals surface area (Å²) < 4.78 is 0. The summed E-state index contributed by atoms with van der Waals surface area (Å²) in [6.45, 7) is 0. The van der Waals surface area contributed by atoms with E-state index in [4.69, 9.17) is 0 Å². The second-order valence-corrected chi connectivity index (χ2v) is 6.49. The predicted octanol–water partition coefficient (Wildman–Crippen LogP) is 2.69. The molecule has 1 aromatic rings. The lowest BCUT2D eigenvalue weighted by atomic mass is 10.1. The van der Waals surface area contributed by atoms with Crippen molar-refractivity contribution in [2.75, 3.05) is 11.5 Å². The molecule has 0 amide bonds. The van der Waals surface area contributed by atoms with Gasteiger partial charge in [-0.2, -0.15) is 11.8 Å². The van der Waals surface area contributed by atoms with E-state index < -0.39 is 0 Å². The minimum absolute atomic E-state index is 0.550. The van der Waals surface area contributed by atoms with Crippen LogP contribution in [0.1, 0.15) is 30.3 Å². The Hall–Kier alpha value is -0.0600. The quantitative estimate of drug-likeness (QED) is 0.876. The lowest BCUT2D eigenvalue weighted by Gasteiger charge is -2.20. The molecule has 0 aromatic carbocycles. The normalized spacial score (nSPS) is 28.1. The summed E-state index contributed by atoms with van der Waals surface area (Å²) in [5.74, 6) is 3.48. The van der Waals surface area contributed by atoms with Crippen molar-refractivity contribution < 1.29 is 0 Å². The van der Waals surface area contributed by atoms with Gasteiger partial charge in [-0.05, 0) is 30.9 Å². The van der Waals surface area contributed by atoms with Crippen molar-refractivity contribution in [2.24, 2.45) is 5.92 Å². The SMILES string of the molecule is c1csc(C(NC2CCSC2)C2CC2)n1. The van der Waals surface area contributed by atoms with Gasteiger partial charge in [0.25, 0.3) is 0 Å². The Bertz CT molecular complexity index is 302. The van der Waals surface area contributed by atoms with Gasteiger partial charge in [0.15, 0.2) is 0 Å². The van der Waals surface area contributed by atoms with Crippen molar-refractivity contribution in [1.82, 2.24) is 10.3 Å². The average molecular weight is 240 g/mol. The molecule has 0 bridgehead atoms. The van der Waals surface area contributed by atoms with Gasteiger partial charge in [-0.25, -0.2) is 4.98 Å². The number of thioether (sulfide) groups is 1. The summed E-state index contributed by atoms with van der Waals surface area (Å²) in [6.07, 6.45) is 6.04. The highest BCUT2D eigenvalue weighted by molar-refractivity contribution is 7.99. The van der Waals surface area contributed by atoms with E-state index in [1.165, 1.54) is 35.8 Å². The predicted molar refractivity (Wildman–Crippen MR) is 66.4 cm³/mol. The van der Waals surface area contributed by atoms with E-state index in [1.54, 1.807) is 11.3 Å². The van der Waals surface area contributed by atoms with E-state index in [2.05, 4.69) is 27.4 Å². The minimum Gasteiger partial charge on any atom is -0.304 e. The smallest absolute Gasteiger partial charge is 0.110 e. The number of thiazole rings is 1. The van der Waals surface area contributed by atoms with Crippen molar-refractivity contribution >= 4 is 23.1 Å². The number of rotatable bonds is 4. The Morgan fingerprint density at radius 2 is 2.33 bits per heavy atom. The molecule has 2 aliphatic rings. The van der Waals surface area contributed by atoms with Crippen LogP contribution in [0.4, 0.5) is 0 Å². The Morgan fingerprint density at radius 3 is 2.93 bits per heavy atom. The Morgan fingerprint density at radius 1 is 1.40 bits per heavy atom. The molecule has 1 saturated carbocycles. The van der Waals surface area contributed by atoms with Gasteiger partial charge in [-0.3, -0.25) is 0 Å². The van der Waals surface area contributed by atoms with Crippen molar-refractivity contribution in [3.05, 3.63) is 16.6 Å². The van der Waals surface area contributed by atoms with E-state index in [1.807, 2.05) is 6.20 Å². The molecule has 82 valence electrons. The Labute approximate surface area is 98.9 Å². The highest BCUT2D eigenvalue weighted by atomic mass is 32.2. The summed E-state index contributed by atoms with van der Waals surface area (Å²) in [5, 5.41) is 7.20. The standard InChI is InChI=1S/C11H16N2S2/c1-2-8(1)10(11-12-4-6-15-11)13-9-3-5-14-7-9/h4,6,8-10,13H,1-3,5,7H2. The molecule has 2 atom stereocenters. The summed E-state index contributed by atoms with van der Waals surface area (Å²) in [4.78, 5) is 4.47. The Kier molecular flexibility index (Phi) is 2.99. The maximum absolute atomic E-state index is 4.47. The molecule has 2 heterocycles. The summed E-state index contributed by atoms with van der Waals surface area (Å²) >= 11 is 3.88. The zero-order valence-corrected chi connectivity index (χ0v) is 10.3. The van der Waals surface area contributed by atoms with E-state index >= 15 is 0 Å². The summed E-state index contributed by atoms with van der Waals surface area (Å²) in [5.41, 5.74) is 0. The molecule has 2 unspecified atom stereocenters. The molecule has 1 saturated heterocycles. The first-order chi connectivity index (χ1) is 7.43. The number of hydrogen-bond donors (Lipinski definition) is 1. The summed E-state index contributed by atoms with van der Waals surface area (Å²) in [7, 11) is 0. The van der Waals surface area contributed by atoms with E-state index in [9.17, 15) is 0 Å². The maximum Gasteiger partial charge on any atom is 0.110 e. The fourth-order valence-electron chi connectivity index (χ4n) is 2.15. The third-order valence-corrected chi connectivity index (χ3v) is 5.18. The molecule has 1 N–H and O–H groups in total. The van der Waals surface area contributed by atoms with Gasteiger partial charge in [0.1, 0.15) is 5.01 Å². The van der Waals surface area contributed by atoms with Gasteiger partial charge in [0.2, 0.25) is 0 Å². The largest absolute Gasteiger partial charge is 0.304 e. The summed E-state index contributed by atoms with van der Waals surface area (Å²) in [6, 6.07) is 1.28. The molecule has 0 radical (unpaired) electrons. The van der Waals surface area contributed by atoms with Crippen LogP contribution >= 0.6 is 23.1 Å². The second kappa shape index (κ2) is 4.44. The molecule has 4 heteroatoms. The van der Waals surface area contributed by atoms with Crippen molar-refractivity contribution in [2.45, 2.75) is 31.3 Å². The molecule has 15 heavy (non-hydrogen) atoms. The average Bonchev–Trinajstić information content (AvgIpc) is 2.78. The van der Waals surface area contributed by atoms with Gasteiger partial charge in [0.05, 0.1) is 6.04 Å². The highest BCUT2D eigenvalue weighted by Gasteiger charge is 2.35. The number of nitrogens with zero attached hydrogens (tertiary/aromatic N) is 1. The van der Waals surface area contributed by atoms with Crippen LogP contribution in [0.25, 0.3) is 0 Å². The Balaban J connectivity index is 1.68. The van der Waals surface area contributed by atoms with Crippen LogP contribution in [0.2, 0.25) is 0 Å². The lowest BCUT2D eigenvalue weighted by Crippen LogP contribution is -2.33.